The van der Waals surface area contributed by atoms with Crippen LogP contribution in [0.1, 0.15) is 11.5 Å². The molecule has 0 spiro atoms. The average Bonchev–Trinajstić information content (AvgIpc) is 2.86. The first-order valence-corrected chi connectivity index (χ1v) is 4.53. The molecule has 0 fully saturated rings. The number of nitrogens with one attached hydrogen (secondary N) is 1. The molecule has 0 saturated heterocycles. The van der Waals surface area contributed by atoms with Crippen LogP contribution < -0.4 is 5.32 Å². The number of hydrogen-bond acceptors (Lipinski definition) is 4. The van der Waals surface area contributed by atoms with E-state index in [1.165, 1.54) is 6.26 Å². The minimum Gasteiger partial charge on any atom is -0.467 e. The van der Waals surface area contributed by atoms with Gasteiger partial charge in [0, 0.05) is 6.07 Å². The Morgan fingerprint density at radius 2 is 2.33 bits per heavy atom. The van der Waals surface area contributed by atoms with Gasteiger partial charge in [0.15, 0.2) is 0 Å². The lowest BCUT2D eigenvalue weighted by Crippen LogP contribution is -2.24. The fraction of sp³-hybridized carbons (Fsp3) is 0.200. The third-order valence-electron chi connectivity index (χ3n) is 1.87. The molecule has 0 aliphatic rings. The number of amides is 1. The van der Waals surface area contributed by atoms with E-state index in [4.69, 9.17) is 4.42 Å². The van der Waals surface area contributed by atoms with E-state index in [-0.39, 0.29) is 12.3 Å². The summed E-state index contributed by atoms with van der Waals surface area (Å²) in [5.74, 6) is 0.615. The van der Waals surface area contributed by atoms with Crippen LogP contribution >= 0.6 is 0 Å². The molecule has 2 heterocycles. The highest BCUT2D eigenvalue weighted by Crippen LogP contribution is 1.99. The van der Waals surface area contributed by atoms with E-state index in [2.05, 4.69) is 15.0 Å². The Morgan fingerprint density at radius 3 is 3.00 bits per heavy atom. The summed E-state index contributed by atoms with van der Waals surface area (Å²) in [5.41, 5.74) is 0.618. The molecule has 1 N–H and O–H groups in total. The molecule has 0 saturated carbocycles. The summed E-state index contributed by atoms with van der Waals surface area (Å²) in [7, 11) is 0. The topological polar surface area (TPSA) is 68.3 Å². The second-order valence-electron chi connectivity index (χ2n) is 3.02. The first kappa shape index (κ1) is 9.51. The average molecular weight is 206 g/mol. The Balaban J connectivity index is 1.78. The van der Waals surface area contributed by atoms with Gasteiger partial charge in [-0.25, -0.2) is 0 Å². The minimum atomic E-state index is -0.111. The summed E-state index contributed by atoms with van der Waals surface area (Å²) in [6.07, 6.45) is 3.23. The van der Waals surface area contributed by atoms with Crippen LogP contribution in [0.5, 0.6) is 0 Å². The summed E-state index contributed by atoms with van der Waals surface area (Å²) in [6, 6.07) is 5.24. The molecule has 0 aliphatic carbocycles. The van der Waals surface area contributed by atoms with Gasteiger partial charge in [0.25, 0.3) is 0 Å². The van der Waals surface area contributed by atoms with Crippen LogP contribution in [0.4, 0.5) is 0 Å². The third kappa shape index (κ3) is 2.70. The van der Waals surface area contributed by atoms with Gasteiger partial charge in [0.2, 0.25) is 5.91 Å². The highest BCUT2D eigenvalue weighted by molar-refractivity contribution is 5.77. The van der Waals surface area contributed by atoms with E-state index in [1.807, 2.05) is 0 Å². The largest absolute Gasteiger partial charge is 0.467 e. The first-order chi connectivity index (χ1) is 7.34. The van der Waals surface area contributed by atoms with Gasteiger partial charge in [0.1, 0.15) is 12.0 Å². The predicted molar refractivity (Wildman–Crippen MR) is 50.8 cm³/mol. The van der Waals surface area contributed by atoms with Crippen molar-refractivity contribution >= 4 is 5.91 Å². The normalized spacial score (nSPS) is 10.1. The number of carbonyl (C=O) groups is 1. The van der Waals surface area contributed by atoms with Gasteiger partial charge in [-0.3, -0.25) is 4.79 Å². The van der Waals surface area contributed by atoms with Crippen molar-refractivity contribution in [2.45, 2.75) is 13.0 Å². The van der Waals surface area contributed by atoms with Gasteiger partial charge >= 0.3 is 0 Å². The number of hydrogen-bond donors (Lipinski definition) is 1. The second-order valence-corrected chi connectivity index (χ2v) is 3.02. The van der Waals surface area contributed by atoms with Crippen LogP contribution in [0.15, 0.2) is 39.7 Å². The van der Waals surface area contributed by atoms with E-state index < -0.39 is 0 Å². The number of carbonyl (C=O) groups excluding carboxylic acids is 1. The molecule has 0 bridgehead atoms. The lowest BCUT2D eigenvalue weighted by Gasteiger charge is -2.00. The monoisotopic (exact) mass is 206 g/mol. The van der Waals surface area contributed by atoms with Crippen LogP contribution in [0.2, 0.25) is 0 Å². The molecule has 2 aromatic heterocycles. The van der Waals surface area contributed by atoms with Gasteiger partial charge in [-0.05, 0) is 12.1 Å². The summed E-state index contributed by atoms with van der Waals surface area (Å²) in [4.78, 5) is 11.4. The summed E-state index contributed by atoms with van der Waals surface area (Å²) in [6.45, 7) is 0.393. The summed E-state index contributed by atoms with van der Waals surface area (Å²) in [5, 5.41) is 6.35. The zero-order chi connectivity index (χ0) is 10.5. The van der Waals surface area contributed by atoms with Crippen LogP contribution in [-0.2, 0) is 17.8 Å². The Morgan fingerprint density at radius 1 is 1.40 bits per heavy atom. The maximum absolute atomic E-state index is 11.4. The zero-order valence-corrected chi connectivity index (χ0v) is 7.97. The standard InChI is InChI=1S/C10H10N2O3/c13-10(6-8-3-5-15-12-8)11-7-9-2-1-4-14-9/h1-5H,6-7H2,(H,11,13). The molecule has 0 aliphatic heterocycles. The molecule has 5 heteroatoms. The lowest BCUT2D eigenvalue weighted by atomic mass is 10.3. The SMILES string of the molecule is O=C(Cc1ccon1)NCc1ccco1. The van der Waals surface area contributed by atoms with Crippen molar-refractivity contribution in [3.63, 3.8) is 0 Å². The third-order valence-corrected chi connectivity index (χ3v) is 1.87. The van der Waals surface area contributed by atoms with Crippen LogP contribution in [0.25, 0.3) is 0 Å². The number of rotatable bonds is 4. The molecular formula is C10H10N2O3. The smallest absolute Gasteiger partial charge is 0.226 e. The summed E-state index contributed by atoms with van der Waals surface area (Å²) >= 11 is 0. The van der Waals surface area contributed by atoms with Crippen molar-refractivity contribution in [2.75, 3.05) is 0 Å². The van der Waals surface area contributed by atoms with Gasteiger partial charge in [0.05, 0.1) is 24.9 Å². The Kier molecular flexibility index (Phi) is 2.82. The Bertz CT molecular complexity index is 406. The molecule has 0 radical (unpaired) electrons. The predicted octanol–water partition coefficient (Wildman–Crippen LogP) is 1.13. The van der Waals surface area contributed by atoms with E-state index in [1.54, 1.807) is 24.5 Å². The fourth-order valence-corrected chi connectivity index (χ4v) is 1.15. The van der Waals surface area contributed by atoms with Crippen LogP contribution in [0, 0.1) is 0 Å². The van der Waals surface area contributed by atoms with Crippen molar-refractivity contribution in [3.8, 4) is 0 Å². The lowest BCUT2D eigenvalue weighted by molar-refractivity contribution is -0.120. The van der Waals surface area contributed by atoms with Crippen molar-refractivity contribution in [2.24, 2.45) is 0 Å². The van der Waals surface area contributed by atoms with Gasteiger partial charge < -0.3 is 14.3 Å². The summed E-state index contributed by atoms with van der Waals surface area (Å²) < 4.78 is 9.69. The van der Waals surface area contributed by atoms with Crippen molar-refractivity contribution in [3.05, 3.63) is 42.2 Å². The van der Waals surface area contributed by atoms with Crippen molar-refractivity contribution < 1.29 is 13.7 Å². The van der Waals surface area contributed by atoms with Crippen molar-refractivity contribution in [1.29, 1.82) is 0 Å². The highest BCUT2D eigenvalue weighted by Gasteiger charge is 2.05. The zero-order valence-electron chi connectivity index (χ0n) is 7.97. The van der Waals surface area contributed by atoms with Gasteiger partial charge in [-0.1, -0.05) is 5.16 Å². The minimum absolute atomic E-state index is 0.111. The van der Waals surface area contributed by atoms with Crippen LogP contribution in [0.3, 0.4) is 0 Å². The van der Waals surface area contributed by atoms with E-state index in [9.17, 15) is 4.79 Å². The molecule has 15 heavy (non-hydrogen) atoms. The van der Waals surface area contributed by atoms with Gasteiger partial charge in [-0.15, -0.1) is 0 Å². The maximum Gasteiger partial charge on any atom is 0.226 e. The molecule has 2 aromatic rings. The number of furan rings is 1. The fourth-order valence-electron chi connectivity index (χ4n) is 1.15. The highest BCUT2D eigenvalue weighted by atomic mass is 16.5. The van der Waals surface area contributed by atoms with Crippen molar-refractivity contribution in [1.82, 2.24) is 10.5 Å². The quantitative estimate of drug-likeness (QED) is 0.814. The molecule has 0 aromatic carbocycles. The molecule has 0 unspecified atom stereocenters. The second kappa shape index (κ2) is 4.45. The molecule has 2 rings (SSSR count). The molecule has 0 atom stereocenters. The van der Waals surface area contributed by atoms with Crippen LogP contribution in [-0.4, -0.2) is 11.1 Å². The number of aromatic nitrogens is 1. The number of nitrogens with zero attached hydrogens (tertiary/aromatic N) is 1. The maximum atomic E-state index is 11.4. The Hall–Kier alpha value is -2.04. The molecule has 1 amide bonds. The van der Waals surface area contributed by atoms with E-state index >= 15 is 0 Å². The molecular weight excluding hydrogens is 196 g/mol. The molecule has 78 valence electrons. The Labute approximate surface area is 86.1 Å². The first-order valence-electron chi connectivity index (χ1n) is 4.53. The molecule has 5 nitrogen and oxygen atoms in total. The van der Waals surface area contributed by atoms with E-state index in [0.717, 1.165) is 5.76 Å². The van der Waals surface area contributed by atoms with E-state index in [0.29, 0.717) is 12.2 Å². The van der Waals surface area contributed by atoms with Gasteiger partial charge in [-0.2, -0.15) is 0 Å².